The summed E-state index contributed by atoms with van der Waals surface area (Å²) in [5.74, 6) is 0.225. The third-order valence-corrected chi connectivity index (χ3v) is 4.53. The van der Waals surface area contributed by atoms with Gasteiger partial charge in [-0.1, -0.05) is 31.1 Å². The molecule has 0 amide bonds. The van der Waals surface area contributed by atoms with Crippen LogP contribution in [0.5, 0.6) is 0 Å². The molecule has 4 nitrogen and oxygen atoms in total. The van der Waals surface area contributed by atoms with Crippen molar-refractivity contribution in [3.63, 3.8) is 0 Å². The van der Waals surface area contributed by atoms with Crippen molar-refractivity contribution in [3.8, 4) is 0 Å². The number of rotatable bonds is 0. The van der Waals surface area contributed by atoms with Gasteiger partial charge in [-0.25, -0.2) is 0 Å². The Hall–Kier alpha value is -1.06. The van der Waals surface area contributed by atoms with Crippen LogP contribution in [0, 0.1) is 16.7 Å². The third-order valence-electron chi connectivity index (χ3n) is 4.53. The van der Waals surface area contributed by atoms with Crippen molar-refractivity contribution in [2.45, 2.75) is 33.6 Å². The van der Waals surface area contributed by atoms with E-state index in [1.165, 1.54) is 0 Å². The number of hydrogen-bond acceptors (Lipinski definition) is 4. The van der Waals surface area contributed by atoms with E-state index in [1.54, 1.807) is 0 Å². The normalized spacial score (nSPS) is 45.2. The van der Waals surface area contributed by atoms with Crippen LogP contribution in [0.4, 0.5) is 0 Å². The fourth-order valence-electron chi connectivity index (χ4n) is 3.13. The summed E-state index contributed by atoms with van der Waals surface area (Å²) in [6, 6.07) is 0. The van der Waals surface area contributed by atoms with Crippen LogP contribution in [-0.4, -0.2) is 21.8 Å². The average molecular weight is 196 g/mol. The first-order valence-electron chi connectivity index (χ1n) is 4.94. The lowest BCUT2D eigenvalue weighted by Gasteiger charge is -2.32. The molecule has 2 atom stereocenters. The van der Waals surface area contributed by atoms with Crippen molar-refractivity contribution in [3.05, 3.63) is 0 Å². The number of fused-ring (bicyclic) bond motifs is 2. The summed E-state index contributed by atoms with van der Waals surface area (Å²) >= 11 is 0. The van der Waals surface area contributed by atoms with E-state index in [1.807, 2.05) is 0 Å². The summed E-state index contributed by atoms with van der Waals surface area (Å²) in [5.41, 5.74) is 1.02. The monoisotopic (exact) mass is 196 g/mol. The van der Waals surface area contributed by atoms with Crippen LogP contribution >= 0.6 is 0 Å². The largest absolute Gasteiger partial charge is 0.411 e. The Balaban J connectivity index is 2.60. The van der Waals surface area contributed by atoms with Crippen molar-refractivity contribution in [1.29, 1.82) is 0 Å². The molecule has 0 unspecified atom stereocenters. The van der Waals surface area contributed by atoms with E-state index in [0.717, 1.165) is 12.8 Å². The highest BCUT2D eigenvalue weighted by Gasteiger charge is 2.64. The lowest BCUT2D eigenvalue weighted by molar-refractivity contribution is 0.200. The van der Waals surface area contributed by atoms with Crippen molar-refractivity contribution >= 4 is 11.4 Å². The van der Waals surface area contributed by atoms with Crippen molar-refractivity contribution in [2.24, 2.45) is 27.1 Å². The Bertz CT molecular complexity index is 333. The molecule has 0 heterocycles. The molecule has 2 rings (SSSR count). The summed E-state index contributed by atoms with van der Waals surface area (Å²) in [6.45, 7) is 6.38. The SMILES string of the molecule is CC1(C)[C@H]2CC[C@]1(C)C(=N/O)/C2=N\O. The second-order valence-electron chi connectivity index (χ2n) is 5.08. The molecular formula is C10H16N2O2. The van der Waals surface area contributed by atoms with Crippen LogP contribution in [0.1, 0.15) is 33.6 Å². The molecule has 14 heavy (non-hydrogen) atoms. The van der Waals surface area contributed by atoms with Gasteiger partial charge in [0.25, 0.3) is 0 Å². The molecular weight excluding hydrogens is 180 g/mol. The van der Waals surface area contributed by atoms with Gasteiger partial charge in [-0.2, -0.15) is 0 Å². The standard InChI is InChI=1S/C10H16N2O2/c1-9(2)6-4-5-10(9,3)8(12-14)7(6)11-13/h6,13-14H,4-5H2,1-3H3/b11-7-,12-8+/t6-,10+/m0/s1. The molecule has 0 aromatic rings. The Labute approximate surface area is 83.3 Å². The maximum Gasteiger partial charge on any atom is 0.111 e. The summed E-state index contributed by atoms with van der Waals surface area (Å²) in [6.07, 6.45) is 2.02. The van der Waals surface area contributed by atoms with Crippen LogP contribution in [0.25, 0.3) is 0 Å². The van der Waals surface area contributed by atoms with Crippen LogP contribution in [-0.2, 0) is 0 Å². The first kappa shape index (κ1) is 9.49. The molecule has 2 bridgehead atoms. The summed E-state index contributed by atoms with van der Waals surface area (Å²) in [5, 5.41) is 24.5. The quantitative estimate of drug-likeness (QED) is 0.460. The molecule has 2 aliphatic rings. The summed E-state index contributed by atoms with van der Waals surface area (Å²) < 4.78 is 0. The maximum absolute atomic E-state index is 8.98. The van der Waals surface area contributed by atoms with E-state index in [4.69, 9.17) is 10.4 Å². The third kappa shape index (κ3) is 0.751. The topological polar surface area (TPSA) is 65.2 Å². The predicted molar refractivity (Wildman–Crippen MR) is 53.1 cm³/mol. The molecule has 0 aliphatic heterocycles. The van der Waals surface area contributed by atoms with Crippen LogP contribution in [0.15, 0.2) is 10.3 Å². The van der Waals surface area contributed by atoms with Gasteiger partial charge in [-0.15, -0.1) is 0 Å². The Morgan fingerprint density at radius 3 is 2.29 bits per heavy atom. The zero-order chi connectivity index (χ0) is 10.6. The van der Waals surface area contributed by atoms with Gasteiger partial charge in [0, 0.05) is 11.3 Å². The van der Waals surface area contributed by atoms with E-state index in [2.05, 4.69) is 31.1 Å². The lowest BCUT2D eigenvalue weighted by atomic mass is 9.70. The van der Waals surface area contributed by atoms with E-state index in [9.17, 15) is 0 Å². The molecule has 2 saturated carbocycles. The fraction of sp³-hybridized carbons (Fsp3) is 0.800. The zero-order valence-corrected chi connectivity index (χ0v) is 8.78. The number of hydrogen-bond donors (Lipinski definition) is 2. The number of oxime groups is 2. The molecule has 2 fully saturated rings. The molecule has 0 radical (unpaired) electrons. The minimum absolute atomic E-state index is 0.0239. The maximum atomic E-state index is 8.98. The smallest absolute Gasteiger partial charge is 0.111 e. The van der Waals surface area contributed by atoms with Gasteiger partial charge in [0.2, 0.25) is 0 Å². The molecule has 78 valence electrons. The van der Waals surface area contributed by atoms with Gasteiger partial charge >= 0.3 is 0 Å². The molecule has 0 saturated heterocycles. The first-order valence-corrected chi connectivity index (χ1v) is 4.94. The lowest BCUT2D eigenvalue weighted by Crippen LogP contribution is -2.33. The van der Waals surface area contributed by atoms with Gasteiger partial charge in [0.1, 0.15) is 11.4 Å². The van der Waals surface area contributed by atoms with Crippen LogP contribution in [0.2, 0.25) is 0 Å². The highest BCUT2D eigenvalue weighted by molar-refractivity contribution is 6.47. The van der Waals surface area contributed by atoms with E-state index < -0.39 is 0 Å². The Morgan fingerprint density at radius 2 is 1.86 bits per heavy atom. The second-order valence-corrected chi connectivity index (χ2v) is 5.08. The summed E-state index contributed by atoms with van der Waals surface area (Å²) in [4.78, 5) is 0. The minimum Gasteiger partial charge on any atom is -0.411 e. The van der Waals surface area contributed by atoms with Crippen molar-refractivity contribution < 1.29 is 10.4 Å². The average Bonchev–Trinajstić information content (AvgIpc) is 2.46. The molecule has 0 aromatic carbocycles. The fourth-order valence-corrected chi connectivity index (χ4v) is 3.13. The van der Waals surface area contributed by atoms with Gasteiger partial charge in [-0.3, -0.25) is 0 Å². The van der Waals surface area contributed by atoms with Crippen molar-refractivity contribution in [2.75, 3.05) is 0 Å². The predicted octanol–water partition coefficient (Wildman–Crippen LogP) is 2.10. The van der Waals surface area contributed by atoms with Gasteiger partial charge < -0.3 is 10.4 Å². The van der Waals surface area contributed by atoms with Crippen LogP contribution < -0.4 is 0 Å². The molecule has 0 spiro atoms. The molecule has 2 N–H and O–H groups in total. The highest BCUT2D eigenvalue weighted by atomic mass is 16.4. The first-order chi connectivity index (χ1) is 6.49. The van der Waals surface area contributed by atoms with Crippen molar-refractivity contribution in [1.82, 2.24) is 0 Å². The minimum atomic E-state index is -0.145. The Morgan fingerprint density at radius 1 is 1.21 bits per heavy atom. The number of nitrogens with zero attached hydrogens (tertiary/aromatic N) is 2. The molecule has 2 aliphatic carbocycles. The van der Waals surface area contributed by atoms with E-state index >= 15 is 0 Å². The summed E-state index contributed by atoms with van der Waals surface area (Å²) in [7, 11) is 0. The molecule has 0 aromatic heterocycles. The second kappa shape index (κ2) is 2.49. The van der Waals surface area contributed by atoms with E-state index in [-0.39, 0.29) is 16.7 Å². The Kier molecular flexibility index (Phi) is 1.69. The van der Waals surface area contributed by atoms with Crippen LogP contribution in [0.3, 0.4) is 0 Å². The van der Waals surface area contributed by atoms with Gasteiger partial charge in [-0.05, 0) is 18.3 Å². The van der Waals surface area contributed by atoms with Gasteiger partial charge in [0.15, 0.2) is 0 Å². The van der Waals surface area contributed by atoms with E-state index in [0.29, 0.717) is 11.4 Å². The molecule has 4 heteroatoms. The van der Waals surface area contributed by atoms with Gasteiger partial charge in [0.05, 0.1) is 0 Å². The zero-order valence-electron chi connectivity index (χ0n) is 8.78. The highest BCUT2D eigenvalue weighted by Crippen LogP contribution is 2.62.